The number of hydrogen-bond donors (Lipinski definition) is 0. The topological polar surface area (TPSA) is 138 Å². The van der Waals surface area contributed by atoms with Gasteiger partial charge in [-0.3, -0.25) is 0 Å². The summed E-state index contributed by atoms with van der Waals surface area (Å²) in [6.45, 7) is 17.4. The molecule has 0 radical (unpaired) electrons. The molecule has 0 N–H and O–H groups in total. The monoisotopic (exact) mass is 904 g/mol. The van der Waals surface area contributed by atoms with E-state index in [1.807, 2.05) is 60.7 Å². The number of hydrogen-bond acceptors (Lipinski definition) is 15. The van der Waals surface area contributed by atoms with E-state index < -0.39 is 0 Å². The lowest BCUT2D eigenvalue weighted by molar-refractivity contribution is 0.00707. The second-order valence-electron chi connectivity index (χ2n) is 14.4. The van der Waals surface area contributed by atoms with Gasteiger partial charge in [0.05, 0.1) is 119 Å². The number of fused-ring (bicyclic) bond motifs is 3. The molecule has 354 valence electrons. The summed E-state index contributed by atoms with van der Waals surface area (Å²) in [5, 5.41) is 0. The van der Waals surface area contributed by atoms with E-state index >= 15 is 0 Å². The third kappa shape index (κ3) is 16.5. The third-order valence-electron chi connectivity index (χ3n) is 9.92. The molecule has 3 aliphatic rings. The average Bonchev–Trinajstić information content (AvgIpc) is 3.35. The number of rotatable bonds is 6. The van der Waals surface area contributed by atoms with E-state index in [4.69, 9.17) is 71.1 Å². The van der Waals surface area contributed by atoms with E-state index in [9.17, 15) is 0 Å². The van der Waals surface area contributed by atoms with Crippen LogP contribution in [0.4, 0.5) is 0 Å². The van der Waals surface area contributed by atoms with Gasteiger partial charge in [0.2, 0.25) is 0 Å². The van der Waals surface area contributed by atoms with E-state index in [0.29, 0.717) is 180 Å². The SMILES string of the molecule is C=Cc1ccc(/C=C/c2ccc(/C=C/c3ccc(C=C)c4c3OCCOCCOCCOCCO4)c3c2OCCOCCOCCOCCO3)c2c1OCCOCCOCCOCCO2. The molecular formula is C50H64O15. The van der Waals surface area contributed by atoms with Crippen molar-refractivity contribution >= 4 is 36.5 Å². The van der Waals surface area contributed by atoms with Crippen LogP contribution in [0.3, 0.4) is 0 Å². The molecule has 0 aromatic heterocycles. The minimum absolute atomic E-state index is 0.258. The van der Waals surface area contributed by atoms with Gasteiger partial charge in [-0.25, -0.2) is 0 Å². The fourth-order valence-electron chi connectivity index (χ4n) is 6.72. The van der Waals surface area contributed by atoms with Crippen LogP contribution < -0.4 is 28.4 Å². The second-order valence-corrected chi connectivity index (χ2v) is 14.4. The first-order valence-corrected chi connectivity index (χ1v) is 22.4. The Morgan fingerprint density at radius 3 is 0.569 bits per heavy atom. The Labute approximate surface area is 382 Å². The van der Waals surface area contributed by atoms with Gasteiger partial charge in [0.25, 0.3) is 0 Å². The predicted molar refractivity (Wildman–Crippen MR) is 248 cm³/mol. The molecule has 0 saturated heterocycles. The standard InChI is InChI=1S/C50H64O15/c1-3-39-5-7-41(47-45(39)60-33-27-54-21-15-51-17-23-56-29-35-62-47)9-11-43-13-14-44(50-49(43)64-37-31-58-25-19-53-20-26-59-32-38-65-50)12-10-42-8-6-40(4-2)46-48(42)63-36-30-57-24-18-52-16-22-55-28-34-61-46/h3-14H,1-2,15-38H2/b11-9+,12-10+. The zero-order valence-electron chi connectivity index (χ0n) is 37.4. The Hall–Kier alpha value is -4.94. The average molecular weight is 905 g/mol. The molecule has 3 aromatic rings. The van der Waals surface area contributed by atoms with Crippen molar-refractivity contribution in [2.75, 3.05) is 159 Å². The molecule has 3 aliphatic heterocycles. The molecule has 15 nitrogen and oxygen atoms in total. The van der Waals surface area contributed by atoms with Gasteiger partial charge in [0.15, 0.2) is 34.5 Å². The van der Waals surface area contributed by atoms with Gasteiger partial charge in [-0.1, -0.05) is 86.0 Å². The third-order valence-corrected chi connectivity index (χ3v) is 9.92. The first-order valence-electron chi connectivity index (χ1n) is 22.4. The first-order chi connectivity index (χ1) is 32.3. The molecule has 0 fully saturated rings. The summed E-state index contributed by atoms with van der Waals surface area (Å²) in [6, 6.07) is 11.8. The van der Waals surface area contributed by atoms with Crippen molar-refractivity contribution in [3.8, 4) is 34.5 Å². The van der Waals surface area contributed by atoms with Gasteiger partial charge >= 0.3 is 0 Å². The molecule has 0 aliphatic carbocycles. The van der Waals surface area contributed by atoms with Gasteiger partial charge in [-0.2, -0.15) is 0 Å². The quantitative estimate of drug-likeness (QED) is 0.240. The Morgan fingerprint density at radius 1 is 0.231 bits per heavy atom. The lowest BCUT2D eigenvalue weighted by Gasteiger charge is -2.19. The van der Waals surface area contributed by atoms with Crippen molar-refractivity contribution in [1.29, 1.82) is 0 Å². The molecule has 3 aromatic carbocycles. The summed E-state index contributed by atoms with van der Waals surface area (Å²) in [4.78, 5) is 0. The Kier molecular flexibility index (Phi) is 22.5. The van der Waals surface area contributed by atoms with Gasteiger partial charge in [0.1, 0.15) is 39.6 Å². The molecule has 0 unspecified atom stereocenters. The van der Waals surface area contributed by atoms with Crippen molar-refractivity contribution in [2.24, 2.45) is 0 Å². The van der Waals surface area contributed by atoms with Crippen molar-refractivity contribution < 1.29 is 71.1 Å². The lowest BCUT2D eigenvalue weighted by atomic mass is 10.0. The Balaban J connectivity index is 1.37. The first kappa shape index (κ1) is 49.5. The second kappa shape index (κ2) is 29.6. The minimum atomic E-state index is 0.258. The van der Waals surface area contributed by atoms with E-state index in [1.54, 1.807) is 12.2 Å². The van der Waals surface area contributed by atoms with Crippen LogP contribution in [-0.2, 0) is 42.6 Å². The fourth-order valence-corrected chi connectivity index (χ4v) is 6.72. The molecule has 0 saturated carbocycles. The van der Waals surface area contributed by atoms with E-state index in [2.05, 4.69) is 13.2 Å². The van der Waals surface area contributed by atoms with E-state index in [0.717, 1.165) is 33.4 Å². The highest BCUT2D eigenvalue weighted by Crippen LogP contribution is 2.42. The van der Waals surface area contributed by atoms with Gasteiger partial charge in [-0.05, 0) is 0 Å². The fraction of sp³-hybridized carbons (Fsp3) is 0.480. The molecular weight excluding hydrogens is 841 g/mol. The minimum Gasteiger partial charge on any atom is -0.487 e. The summed E-state index contributed by atoms with van der Waals surface area (Å²) in [7, 11) is 0. The molecule has 3 heterocycles. The summed E-state index contributed by atoms with van der Waals surface area (Å²) in [5.41, 5.74) is 4.65. The Bertz CT molecular complexity index is 1810. The van der Waals surface area contributed by atoms with Crippen LogP contribution in [0.5, 0.6) is 34.5 Å². The van der Waals surface area contributed by atoms with Crippen LogP contribution in [0.2, 0.25) is 0 Å². The van der Waals surface area contributed by atoms with Gasteiger partial charge in [-0.15, -0.1) is 0 Å². The lowest BCUT2D eigenvalue weighted by Crippen LogP contribution is -2.13. The number of ether oxygens (including phenoxy) is 15. The van der Waals surface area contributed by atoms with Crippen molar-refractivity contribution in [2.45, 2.75) is 0 Å². The van der Waals surface area contributed by atoms with Crippen molar-refractivity contribution in [3.63, 3.8) is 0 Å². The van der Waals surface area contributed by atoms with Crippen molar-refractivity contribution in [3.05, 3.63) is 82.9 Å². The summed E-state index contributed by atoms with van der Waals surface area (Å²) in [5.74, 6) is 3.30. The largest absolute Gasteiger partial charge is 0.487 e. The van der Waals surface area contributed by atoms with Crippen LogP contribution in [0.15, 0.2) is 49.6 Å². The maximum absolute atomic E-state index is 6.56. The van der Waals surface area contributed by atoms with E-state index in [1.165, 1.54) is 0 Å². The molecule has 15 heteroatoms. The normalized spacial score (nSPS) is 19.0. The summed E-state index contributed by atoms with van der Waals surface area (Å²) >= 11 is 0. The van der Waals surface area contributed by atoms with Crippen molar-refractivity contribution in [1.82, 2.24) is 0 Å². The van der Waals surface area contributed by atoms with Crippen LogP contribution in [0.25, 0.3) is 36.5 Å². The highest BCUT2D eigenvalue weighted by molar-refractivity contribution is 5.83. The molecule has 6 rings (SSSR count). The summed E-state index contributed by atoms with van der Waals surface area (Å²) in [6.07, 6.45) is 11.4. The van der Waals surface area contributed by atoms with E-state index in [-0.39, 0.29) is 13.2 Å². The zero-order chi connectivity index (χ0) is 45.0. The number of benzene rings is 3. The molecule has 0 bridgehead atoms. The predicted octanol–water partition coefficient (Wildman–Crippen LogP) is 6.78. The highest BCUT2D eigenvalue weighted by Gasteiger charge is 2.20. The van der Waals surface area contributed by atoms with Gasteiger partial charge in [0, 0.05) is 33.4 Å². The molecule has 0 spiro atoms. The highest BCUT2D eigenvalue weighted by atomic mass is 16.6. The smallest absolute Gasteiger partial charge is 0.169 e. The Morgan fingerprint density at radius 2 is 0.385 bits per heavy atom. The molecule has 0 amide bonds. The zero-order valence-corrected chi connectivity index (χ0v) is 37.4. The van der Waals surface area contributed by atoms with Crippen LogP contribution in [0.1, 0.15) is 33.4 Å². The molecule has 0 atom stereocenters. The van der Waals surface area contributed by atoms with Crippen LogP contribution >= 0.6 is 0 Å². The maximum atomic E-state index is 6.56. The molecule has 65 heavy (non-hydrogen) atoms. The van der Waals surface area contributed by atoms with Gasteiger partial charge < -0.3 is 71.1 Å². The summed E-state index contributed by atoms with van der Waals surface area (Å²) < 4.78 is 90.0. The van der Waals surface area contributed by atoms with Crippen LogP contribution in [0, 0.1) is 0 Å². The maximum Gasteiger partial charge on any atom is 0.169 e. The van der Waals surface area contributed by atoms with Crippen LogP contribution in [-0.4, -0.2) is 159 Å².